The van der Waals surface area contributed by atoms with E-state index in [0.29, 0.717) is 44.0 Å². The van der Waals surface area contributed by atoms with Crippen molar-refractivity contribution in [3.63, 3.8) is 0 Å². The predicted molar refractivity (Wildman–Crippen MR) is 122 cm³/mol. The summed E-state index contributed by atoms with van der Waals surface area (Å²) in [6.45, 7) is 2.48. The standard InChI is InChI=1S/C24H28N4O5/c1-14(29)26-23-10-18-19(12-28(2)21(18)11-25-23)20-8-17(33-16-6-15(30)7-16)9-22(27-20)24(31-3)4-5-32-13-24/h8-12,15-16,30H,4-7,13H2,1-3H3,(H,25,26,29)/t15?,16?,24-/m0/s1. The lowest BCUT2D eigenvalue weighted by atomic mass is 9.92. The predicted octanol–water partition coefficient (Wildman–Crippen LogP) is 2.76. The van der Waals surface area contributed by atoms with Crippen LogP contribution in [0.5, 0.6) is 5.75 Å². The van der Waals surface area contributed by atoms with E-state index in [-0.39, 0.29) is 18.1 Å². The highest BCUT2D eigenvalue weighted by molar-refractivity contribution is 5.98. The van der Waals surface area contributed by atoms with E-state index in [0.717, 1.165) is 27.9 Å². The van der Waals surface area contributed by atoms with Crippen LogP contribution in [0.4, 0.5) is 5.82 Å². The minimum Gasteiger partial charge on any atom is -0.490 e. The molecule has 4 heterocycles. The van der Waals surface area contributed by atoms with Crippen molar-refractivity contribution in [3.05, 3.63) is 36.3 Å². The third-order valence-electron chi connectivity index (χ3n) is 6.47. The molecule has 1 aliphatic heterocycles. The first kappa shape index (κ1) is 21.8. The van der Waals surface area contributed by atoms with Gasteiger partial charge < -0.3 is 29.2 Å². The summed E-state index contributed by atoms with van der Waals surface area (Å²) in [6, 6.07) is 5.69. The monoisotopic (exact) mass is 452 g/mol. The number of aromatic nitrogens is 3. The molecule has 1 atom stereocenters. The number of ether oxygens (including phenoxy) is 3. The largest absolute Gasteiger partial charge is 0.490 e. The molecule has 0 radical (unpaired) electrons. The Kier molecular flexibility index (Phi) is 5.55. The molecule has 1 aliphatic carbocycles. The van der Waals surface area contributed by atoms with Crippen molar-refractivity contribution in [1.82, 2.24) is 14.5 Å². The van der Waals surface area contributed by atoms with E-state index in [1.807, 2.05) is 36.0 Å². The van der Waals surface area contributed by atoms with Gasteiger partial charge in [-0.1, -0.05) is 0 Å². The minimum absolute atomic E-state index is 0.0236. The highest BCUT2D eigenvalue weighted by atomic mass is 16.5. The molecule has 3 aromatic heterocycles. The van der Waals surface area contributed by atoms with Gasteiger partial charge in [-0.05, 0) is 6.07 Å². The Balaban J connectivity index is 1.62. The van der Waals surface area contributed by atoms with Crippen LogP contribution in [0.15, 0.2) is 30.6 Å². The number of aliphatic hydroxyl groups excluding tert-OH is 1. The first-order chi connectivity index (χ1) is 15.9. The number of methoxy groups -OCH3 is 1. The van der Waals surface area contributed by atoms with Crippen molar-refractivity contribution in [2.75, 3.05) is 25.6 Å². The van der Waals surface area contributed by atoms with Crippen molar-refractivity contribution in [2.24, 2.45) is 7.05 Å². The number of pyridine rings is 2. The molecule has 0 bridgehead atoms. The van der Waals surface area contributed by atoms with Gasteiger partial charge in [0.15, 0.2) is 0 Å². The van der Waals surface area contributed by atoms with Crippen LogP contribution >= 0.6 is 0 Å². The van der Waals surface area contributed by atoms with E-state index in [1.54, 1.807) is 13.3 Å². The fourth-order valence-electron chi connectivity index (χ4n) is 4.52. The van der Waals surface area contributed by atoms with E-state index in [2.05, 4.69) is 10.3 Å². The summed E-state index contributed by atoms with van der Waals surface area (Å²) in [4.78, 5) is 20.9. The maximum absolute atomic E-state index is 11.5. The number of nitrogens with zero attached hydrogens (tertiary/aromatic N) is 3. The summed E-state index contributed by atoms with van der Waals surface area (Å²) in [6.07, 6.45) is 5.34. The van der Waals surface area contributed by atoms with Gasteiger partial charge in [-0.15, -0.1) is 0 Å². The van der Waals surface area contributed by atoms with Crippen LogP contribution in [0, 0.1) is 0 Å². The van der Waals surface area contributed by atoms with Crippen molar-refractivity contribution in [2.45, 2.75) is 44.0 Å². The summed E-state index contributed by atoms with van der Waals surface area (Å²) in [5.74, 6) is 0.987. The number of hydrogen-bond acceptors (Lipinski definition) is 7. The van der Waals surface area contributed by atoms with Crippen molar-refractivity contribution in [3.8, 4) is 17.0 Å². The van der Waals surface area contributed by atoms with Gasteiger partial charge in [-0.3, -0.25) is 4.79 Å². The van der Waals surface area contributed by atoms with Gasteiger partial charge in [-0.2, -0.15) is 0 Å². The molecule has 1 amide bonds. The van der Waals surface area contributed by atoms with E-state index in [9.17, 15) is 9.90 Å². The normalized spacial score (nSPS) is 24.6. The maximum atomic E-state index is 11.5. The Morgan fingerprint density at radius 3 is 2.82 bits per heavy atom. The molecule has 5 rings (SSSR count). The molecule has 1 saturated carbocycles. The molecule has 0 spiro atoms. The van der Waals surface area contributed by atoms with Crippen LogP contribution in [0.1, 0.15) is 31.9 Å². The van der Waals surface area contributed by atoms with Crippen molar-refractivity contribution in [1.29, 1.82) is 0 Å². The first-order valence-electron chi connectivity index (χ1n) is 11.1. The van der Waals surface area contributed by atoms with E-state index in [4.69, 9.17) is 19.2 Å². The number of hydrogen-bond donors (Lipinski definition) is 2. The third-order valence-corrected chi connectivity index (χ3v) is 6.47. The Bertz CT molecular complexity index is 1200. The van der Waals surface area contributed by atoms with Gasteiger partial charge in [0.1, 0.15) is 23.3 Å². The van der Waals surface area contributed by atoms with Crippen LogP contribution in [-0.4, -0.2) is 58.1 Å². The number of rotatable bonds is 6. The van der Waals surface area contributed by atoms with Crippen LogP contribution in [0.2, 0.25) is 0 Å². The van der Waals surface area contributed by atoms with E-state index >= 15 is 0 Å². The highest BCUT2D eigenvalue weighted by Gasteiger charge is 2.39. The zero-order chi connectivity index (χ0) is 23.2. The third kappa shape index (κ3) is 4.07. The number of aliphatic hydroxyl groups is 1. The lowest BCUT2D eigenvalue weighted by molar-refractivity contribution is -0.114. The summed E-state index contributed by atoms with van der Waals surface area (Å²) in [7, 11) is 3.62. The van der Waals surface area contributed by atoms with Gasteiger partial charge in [0.05, 0.1) is 35.8 Å². The summed E-state index contributed by atoms with van der Waals surface area (Å²) >= 11 is 0. The SMILES string of the molecule is CO[C@@]1(c2cc(OC3CC(O)C3)cc(-c3cn(C)c4cnc(NC(C)=O)cc34)n2)CCOC1. The van der Waals surface area contributed by atoms with Gasteiger partial charge in [0, 0.05) is 76.2 Å². The molecular weight excluding hydrogens is 424 g/mol. The number of anilines is 1. The Morgan fingerprint density at radius 2 is 2.15 bits per heavy atom. The minimum atomic E-state index is -0.638. The van der Waals surface area contributed by atoms with Crippen LogP contribution in [0.3, 0.4) is 0 Å². The molecule has 0 aromatic carbocycles. The molecule has 2 fully saturated rings. The second-order valence-electron chi connectivity index (χ2n) is 8.86. The number of aryl methyl sites for hydroxylation is 1. The second kappa shape index (κ2) is 8.40. The fourth-order valence-corrected chi connectivity index (χ4v) is 4.52. The smallest absolute Gasteiger partial charge is 0.222 e. The number of carbonyl (C=O) groups excluding carboxylic acids is 1. The number of nitrogens with one attached hydrogen (secondary N) is 1. The van der Waals surface area contributed by atoms with Crippen molar-refractivity contribution >= 4 is 22.6 Å². The Hall–Kier alpha value is -3.01. The average Bonchev–Trinajstić information content (AvgIpc) is 3.38. The number of fused-ring (bicyclic) bond motifs is 1. The quantitative estimate of drug-likeness (QED) is 0.592. The molecule has 174 valence electrons. The molecule has 9 nitrogen and oxygen atoms in total. The van der Waals surface area contributed by atoms with Crippen LogP contribution in [0.25, 0.3) is 22.2 Å². The lowest BCUT2D eigenvalue weighted by Gasteiger charge is -2.32. The molecule has 1 saturated heterocycles. The second-order valence-corrected chi connectivity index (χ2v) is 8.86. The molecular formula is C24H28N4O5. The van der Waals surface area contributed by atoms with Crippen molar-refractivity contribution < 1.29 is 24.1 Å². The van der Waals surface area contributed by atoms with Crippen LogP contribution in [-0.2, 0) is 26.9 Å². The highest BCUT2D eigenvalue weighted by Crippen LogP contribution is 2.39. The average molecular weight is 453 g/mol. The van der Waals surface area contributed by atoms with Gasteiger partial charge in [0.2, 0.25) is 5.91 Å². The fraction of sp³-hybridized carbons (Fsp3) is 0.458. The van der Waals surface area contributed by atoms with Crippen LogP contribution < -0.4 is 10.1 Å². The van der Waals surface area contributed by atoms with Gasteiger partial charge >= 0.3 is 0 Å². The molecule has 33 heavy (non-hydrogen) atoms. The first-order valence-corrected chi connectivity index (χ1v) is 11.1. The Labute approximate surface area is 191 Å². The van der Waals surface area contributed by atoms with Gasteiger partial charge in [-0.25, -0.2) is 9.97 Å². The molecule has 9 heteroatoms. The summed E-state index contributed by atoms with van der Waals surface area (Å²) in [5.41, 5.74) is 2.66. The van der Waals surface area contributed by atoms with E-state index in [1.165, 1.54) is 6.92 Å². The topological polar surface area (TPSA) is 108 Å². The number of carbonyl (C=O) groups is 1. The molecule has 3 aromatic rings. The van der Waals surface area contributed by atoms with Gasteiger partial charge in [0.25, 0.3) is 0 Å². The molecule has 2 N–H and O–H groups in total. The zero-order valence-electron chi connectivity index (χ0n) is 19.0. The number of amides is 1. The summed E-state index contributed by atoms with van der Waals surface area (Å²) in [5, 5.41) is 13.3. The molecule has 2 aliphatic rings. The lowest BCUT2D eigenvalue weighted by Crippen LogP contribution is -2.37. The maximum Gasteiger partial charge on any atom is 0.222 e. The summed E-state index contributed by atoms with van der Waals surface area (Å²) < 4.78 is 19.7. The van der Waals surface area contributed by atoms with E-state index < -0.39 is 5.60 Å². The molecule has 0 unspecified atom stereocenters. The zero-order valence-corrected chi connectivity index (χ0v) is 19.0. The Morgan fingerprint density at radius 1 is 1.33 bits per heavy atom.